The van der Waals surface area contributed by atoms with E-state index in [4.69, 9.17) is 4.74 Å². The molecule has 0 saturated heterocycles. The SMILES string of the molecule is CCCCCCC[C@]1(C#N)CC[C@H](C(=O)Oc2ccc(CCCCCC)nc2)CC1. The lowest BCUT2D eigenvalue weighted by atomic mass is 9.69. The van der Waals surface area contributed by atoms with Crippen LogP contribution in [0.1, 0.15) is 109 Å². The fourth-order valence-electron chi connectivity index (χ4n) is 4.44. The molecule has 1 aromatic rings. The highest BCUT2D eigenvalue weighted by molar-refractivity contribution is 5.75. The third-order valence-corrected chi connectivity index (χ3v) is 6.57. The first kappa shape index (κ1) is 24.4. The van der Waals surface area contributed by atoms with Crippen LogP contribution >= 0.6 is 0 Å². The van der Waals surface area contributed by atoms with E-state index in [0.717, 1.165) is 57.1 Å². The monoisotopic (exact) mass is 412 g/mol. The summed E-state index contributed by atoms with van der Waals surface area (Å²) < 4.78 is 5.59. The minimum absolute atomic E-state index is 0.0970. The van der Waals surface area contributed by atoms with Gasteiger partial charge in [0.25, 0.3) is 0 Å². The summed E-state index contributed by atoms with van der Waals surface area (Å²) in [7, 11) is 0. The van der Waals surface area contributed by atoms with Crippen molar-refractivity contribution in [3.05, 3.63) is 24.0 Å². The number of aryl methyl sites for hydroxylation is 1. The molecule has 4 nitrogen and oxygen atoms in total. The summed E-state index contributed by atoms with van der Waals surface area (Å²) in [6.07, 6.45) is 17.8. The van der Waals surface area contributed by atoms with Crippen LogP contribution in [0.25, 0.3) is 0 Å². The quantitative estimate of drug-likeness (QED) is 0.254. The molecule has 0 bridgehead atoms. The number of carbonyl (C=O) groups is 1. The lowest BCUT2D eigenvalue weighted by Crippen LogP contribution is -2.31. The van der Waals surface area contributed by atoms with Crippen molar-refractivity contribution in [2.45, 2.75) is 110 Å². The first-order valence-electron chi connectivity index (χ1n) is 12.2. The Hall–Kier alpha value is -1.89. The molecule has 1 aliphatic rings. The standard InChI is InChI=1S/C26H40N2O2/c1-3-5-7-9-11-17-26(21-27)18-15-22(16-19-26)25(29)30-24-14-13-23(28-20-24)12-10-8-6-4-2/h13-14,20,22H,3-12,15-19H2,1-2H3/t22-,26-. The second kappa shape index (κ2) is 13.4. The van der Waals surface area contributed by atoms with Crippen LogP contribution in [0.2, 0.25) is 0 Å². The molecule has 0 unspecified atom stereocenters. The van der Waals surface area contributed by atoms with E-state index < -0.39 is 0 Å². The molecule has 2 rings (SSSR count). The number of nitrogens with zero attached hydrogens (tertiary/aromatic N) is 2. The molecule has 30 heavy (non-hydrogen) atoms. The van der Waals surface area contributed by atoms with Crippen molar-refractivity contribution in [1.29, 1.82) is 5.26 Å². The zero-order valence-electron chi connectivity index (χ0n) is 19.1. The lowest BCUT2D eigenvalue weighted by molar-refractivity contribution is -0.140. The Morgan fingerprint density at radius 3 is 2.33 bits per heavy atom. The van der Waals surface area contributed by atoms with Crippen molar-refractivity contribution in [3.8, 4) is 11.8 Å². The normalized spacial score (nSPS) is 21.2. The molecule has 1 saturated carbocycles. The smallest absolute Gasteiger partial charge is 0.314 e. The number of aromatic nitrogens is 1. The number of pyridine rings is 1. The summed E-state index contributed by atoms with van der Waals surface area (Å²) in [4.78, 5) is 17.0. The first-order valence-corrected chi connectivity index (χ1v) is 12.2. The fourth-order valence-corrected chi connectivity index (χ4v) is 4.44. The van der Waals surface area contributed by atoms with Gasteiger partial charge < -0.3 is 4.74 Å². The summed E-state index contributed by atoms with van der Waals surface area (Å²) >= 11 is 0. The van der Waals surface area contributed by atoms with E-state index in [2.05, 4.69) is 24.9 Å². The van der Waals surface area contributed by atoms with Crippen LogP contribution in [-0.4, -0.2) is 11.0 Å². The van der Waals surface area contributed by atoms with Crippen LogP contribution in [0.5, 0.6) is 5.75 Å². The highest BCUT2D eigenvalue weighted by Crippen LogP contribution is 2.42. The highest BCUT2D eigenvalue weighted by Gasteiger charge is 2.37. The van der Waals surface area contributed by atoms with Crippen molar-refractivity contribution >= 4 is 5.97 Å². The second-order valence-corrected chi connectivity index (χ2v) is 9.05. The Balaban J connectivity index is 1.74. The number of carbonyl (C=O) groups excluding carboxylic acids is 1. The summed E-state index contributed by atoms with van der Waals surface area (Å²) in [6, 6.07) is 6.41. The van der Waals surface area contributed by atoms with E-state index in [-0.39, 0.29) is 17.3 Å². The van der Waals surface area contributed by atoms with Gasteiger partial charge in [-0.15, -0.1) is 0 Å². The van der Waals surface area contributed by atoms with Gasteiger partial charge in [0, 0.05) is 5.69 Å². The molecular weight excluding hydrogens is 372 g/mol. The molecule has 1 aromatic heterocycles. The number of unbranched alkanes of at least 4 members (excludes halogenated alkanes) is 7. The third-order valence-electron chi connectivity index (χ3n) is 6.57. The maximum absolute atomic E-state index is 12.6. The molecule has 0 amide bonds. The van der Waals surface area contributed by atoms with Gasteiger partial charge in [-0.1, -0.05) is 65.2 Å². The van der Waals surface area contributed by atoms with E-state index in [9.17, 15) is 10.1 Å². The van der Waals surface area contributed by atoms with Crippen molar-refractivity contribution < 1.29 is 9.53 Å². The zero-order chi connectivity index (χ0) is 21.7. The Morgan fingerprint density at radius 1 is 1.07 bits per heavy atom. The van der Waals surface area contributed by atoms with Gasteiger partial charge in [0.1, 0.15) is 5.75 Å². The van der Waals surface area contributed by atoms with Crippen LogP contribution in [0.4, 0.5) is 0 Å². The number of esters is 1. The molecule has 0 atom stereocenters. The summed E-state index contributed by atoms with van der Waals surface area (Å²) in [5, 5.41) is 9.75. The van der Waals surface area contributed by atoms with E-state index in [1.54, 1.807) is 6.20 Å². The highest BCUT2D eigenvalue weighted by atomic mass is 16.5. The number of hydrogen-bond donors (Lipinski definition) is 0. The van der Waals surface area contributed by atoms with Crippen molar-refractivity contribution in [3.63, 3.8) is 0 Å². The summed E-state index contributed by atoms with van der Waals surface area (Å²) in [5.74, 6) is 0.271. The van der Waals surface area contributed by atoms with Gasteiger partial charge in [-0.3, -0.25) is 9.78 Å². The zero-order valence-corrected chi connectivity index (χ0v) is 19.1. The number of nitriles is 1. The predicted octanol–water partition coefficient (Wildman–Crippen LogP) is 7.17. The molecule has 0 aliphatic heterocycles. The minimum Gasteiger partial charge on any atom is -0.425 e. The van der Waals surface area contributed by atoms with E-state index in [1.165, 1.54) is 44.9 Å². The Morgan fingerprint density at radius 2 is 1.73 bits per heavy atom. The molecule has 1 heterocycles. The van der Waals surface area contributed by atoms with Crippen LogP contribution in [0.15, 0.2) is 18.3 Å². The molecule has 4 heteroatoms. The van der Waals surface area contributed by atoms with Crippen LogP contribution in [0, 0.1) is 22.7 Å². The van der Waals surface area contributed by atoms with E-state index in [0.29, 0.717) is 5.75 Å². The fraction of sp³-hybridized carbons (Fsp3) is 0.731. The molecule has 166 valence electrons. The molecule has 0 spiro atoms. The molecular formula is C26H40N2O2. The minimum atomic E-state index is -0.232. The average molecular weight is 413 g/mol. The van der Waals surface area contributed by atoms with Gasteiger partial charge in [0.2, 0.25) is 0 Å². The maximum atomic E-state index is 12.6. The lowest BCUT2D eigenvalue weighted by Gasteiger charge is -2.34. The van der Waals surface area contributed by atoms with Gasteiger partial charge in [0.05, 0.1) is 23.6 Å². The topological polar surface area (TPSA) is 63.0 Å². The summed E-state index contributed by atoms with van der Waals surface area (Å²) in [5.41, 5.74) is 0.825. The van der Waals surface area contributed by atoms with E-state index in [1.807, 2.05) is 12.1 Å². The second-order valence-electron chi connectivity index (χ2n) is 9.05. The Bertz CT molecular complexity index is 655. The van der Waals surface area contributed by atoms with Gasteiger partial charge >= 0.3 is 5.97 Å². The van der Waals surface area contributed by atoms with Crippen molar-refractivity contribution in [2.24, 2.45) is 11.3 Å². The van der Waals surface area contributed by atoms with Gasteiger partial charge in [-0.05, 0) is 57.1 Å². The predicted molar refractivity (Wildman–Crippen MR) is 121 cm³/mol. The van der Waals surface area contributed by atoms with Crippen LogP contribution in [0.3, 0.4) is 0 Å². The largest absolute Gasteiger partial charge is 0.425 e. The molecule has 1 aliphatic carbocycles. The number of rotatable bonds is 13. The van der Waals surface area contributed by atoms with Crippen LogP contribution < -0.4 is 4.74 Å². The van der Waals surface area contributed by atoms with Gasteiger partial charge in [0.15, 0.2) is 0 Å². The average Bonchev–Trinajstić information content (AvgIpc) is 2.78. The molecule has 0 radical (unpaired) electrons. The van der Waals surface area contributed by atoms with E-state index >= 15 is 0 Å². The molecule has 0 aromatic carbocycles. The Labute approximate surface area is 183 Å². The summed E-state index contributed by atoms with van der Waals surface area (Å²) in [6.45, 7) is 4.43. The van der Waals surface area contributed by atoms with Crippen LogP contribution in [-0.2, 0) is 11.2 Å². The van der Waals surface area contributed by atoms with Crippen molar-refractivity contribution in [1.82, 2.24) is 4.98 Å². The van der Waals surface area contributed by atoms with Gasteiger partial charge in [-0.2, -0.15) is 5.26 Å². The Kier molecular flexibility index (Phi) is 10.9. The van der Waals surface area contributed by atoms with Gasteiger partial charge in [-0.25, -0.2) is 0 Å². The third kappa shape index (κ3) is 8.09. The number of ether oxygens (including phenoxy) is 1. The molecule has 0 N–H and O–H groups in total. The van der Waals surface area contributed by atoms with Crippen molar-refractivity contribution in [2.75, 3.05) is 0 Å². The number of hydrogen-bond acceptors (Lipinski definition) is 4. The first-order chi connectivity index (χ1) is 14.6. The molecule has 1 fully saturated rings. The maximum Gasteiger partial charge on any atom is 0.314 e.